The third kappa shape index (κ3) is 2.07. The maximum absolute atomic E-state index is 6.13. The summed E-state index contributed by atoms with van der Waals surface area (Å²) in [6.45, 7) is 0. The van der Waals surface area contributed by atoms with Gasteiger partial charge in [0.15, 0.2) is 5.82 Å². The van der Waals surface area contributed by atoms with Crippen molar-refractivity contribution in [3.63, 3.8) is 0 Å². The number of halogens is 1. The van der Waals surface area contributed by atoms with Crippen LogP contribution >= 0.6 is 11.6 Å². The second kappa shape index (κ2) is 4.49. The van der Waals surface area contributed by atoms with Crippen molar-refractivity contribution < 1.29 is 0 Å². The summed E-state index contributed by atoms with van der Waals surface area (Å²) in [4.78, 5) is 4.57. The van der Waals surface area contributed by atoms with Crippen molar-refractivity contribution in [3.05, 3.63) is 35.1 Å². The molecule has 0 radical (unpaired) electrons. The molecule has 1 aromatic heterocycles. The lowest BCUT2D eigenvalue weighted by Gasteiger charge is -2.02. The molecule has 1 fully saturated rings. The molecule has 0 atom stereocenters. The van der Waals surface area contributed by atoms with E-state index in [2.05, 4.69) is 15.2 Å². The zero-order valence-electron chi connectivity index (χ0n) is 9.49. The van der Waals surface area contributed by atoms with E-state index >= 15 is 0 Å². The Morgan fingerprint density at radius 2 is 1.94 bits per heavy atom. The highest BCUT2D eigenvalue weighted by molar-refractivity contribution is 6.33. The van der Waals surface area contributed by atoms with Crippen LogP contribution in [0.3, 0.4) is 0 Å². The minimum atomic E-state index is 0.554. The fourth-order valence-corrected chi connectivity index (χ4v) is 2.64. The van der Waals surface area contributed by atoms with Gasteiger partial charge in [0, 0.05) is 11.5 Å². The van der Waals surface area contributed by atoms with Crippen LogP contribution in [0.1, 0.15) is 37.4 Å². The second-order valence-electron chi connectivity index (χ2n) is 4.51. The van der Waals surface area contributed by atoms with E-state index in [0.717, 1.165) is 11.4 Å². The summed E-state index contributed by atoms with van der Waals surface area (Å²) < 4.78 is 0. The molecule has 0 unspecified atom stereocenters. The Morgan fingerprint density at radius 1 is 1.18 bits per heavy atom. The highest BCUT2D eigenvalue weighted by Gasteiger charge is 2.21. The molecule has 0 aliphatic heterocycles. The van der Waals surface area contributed by atoms with Crippen LogP contribution in [0, 0.1) is 0 Å². The van der Waals surface area contributed by atoms with Crippen LogP contribution in [-0.2, 0) is 0 Å². The molecule has 0 saturated heterocycles. The Bertz CT molecular complexity index is 515. The number of nitrogens with zero attached hydrogens (tertiary/aromatic N) is 2. The zero-order chi connectivity index (χ0) is 11.7. The predicted molar refractivity (Wildman–Crippen MR) is 68.0 cm³/mol. The van der Waals surface area contributed by atoms with Gasteiger partial charge in [0.2, 0.25) is 0 Å². The molecule has 17 heavy (non-hydrogen) atoms. The Morgan fingerprint density at radius 3 is 2.71 bits per heavy atom. The Kier molecular flexibility index (Phi) is 2.85. The number of rotatable bonds is 2. The Balaban J connectivity index is 1.92. The molecule has 3 rings (SSSR count). The highest BCUT2D eigenvalue weighted by atomic mass is 35.5. The van der Waals surface area contributed by atoms with Crippen molar-refractivity contribution in [1.29, 1.82) is 0 Å². The van der Waals surface area contributed by atoms with Gasteiger partial charge >= 0.3 is 0 Å². The number of H-pyrrole nitrogens is 1. The summed E-state index contributed by atoms with van der Waals surface area (Å²) in [7, 11) is 0. The smallest absolute Gasteiger partial charge is 0.182 e. The molecule has 3 nitrogen and oxygen atoms in total. The van der Waals surface area contributed by atoms with Crippen LogP contribution in [-0.4, -0.2) is 15.2 Å². The van der Waals surface area contributed by atoms with E-state index in [-0.39, 0.29) is 0 Å². The first-order chi connectivity index (χ1) is 8.34. The summed E-state index contributed by atoms with van der Waals surface area (Å²) in [5.74, 6) is 2.27. The first-order valence-corrected chi connectivity index (χ1v) is 6.39. The van der Waals surface area contributed by atoms with Crippen LogP contribution in [0.25, 0.3) is 11.4 Å². The van der Waals surface area contributed by atoms with Crippen molar-refractivity contribution in [2.75, 3.05) is 0 Å². The van der Waals surface area contributed by atoms with Crippen molar-refractivity contribution in [2.45, 2.75) is 31.6 Å². The van der Waals surface area contributed by atoms with Gasteiger partial charge in [0.1, 0.15) is 5.82 Å². The van der Waals surface area contributed by atoms with E-state index in [0.29, 0.717) is 16.8 Å². The van der Waals surface area contributed by atoms with Gasteiger partial charge in [-0.05, 0) is 25.0 Å². The average molecular weight is 248 g/mol. The standard InChI is InChI=1S/C13H14ClN3/c14-11-8-4-3-7-10(11)13-15-12(16-17-13)9-5-1-2-6-9/h3-4,7-9H,1-2,5-6H2,(H,15,16,17). The quantitative estimate of drug-likeness (QED) is 0.877. The van der Waals surface area contributed by atoms with Gasteiger partial charge in [0.05, 0.1) is 5.02 Å². The van der Waals surface area contributed by atoms with E-state index < -0.39 is 0 Å². The SMILES string of the molecule is Clc1ccccc1-c1n[nH]c(C2CCCC2)n1. The molecule has 4 heteroatoms. The minimum Gasteiger partial charge on any atom is -0.262 e. The molecular formula is C13H14ClN3. The molecule has 1 aliphatic carbocycles. The predicted octanol–water partition coefficient (Wildman–Crippen LogP) is 3.78. The molecule has 1 aromatic carbocycles. The summed E-state index contributed by atoms with van der Waals surface area (Å²) in [5, 5.41) is 8.02. The van der Waals surface area contributed by atoms with Crippen LogP contribution < -0.4 is 0 Å². The molecular weight excluding hydrogens is 234 g/mol. The minimum absolute atomic E-state index is 0.554. The zero-order valence-corrected chi connectivity index (χ0v) is 10.2. The van der Waals surface area contributed by atoms with Gasteiger partial charge in [-0.25, -0.2) is 4.98 Å². The molecule has 2 aromatic rings. The number of aromatic nitrogens is 3. The lowest BCUT2D eigenvalue weighted by Crippen LogP contribution is -1.94. The lowest BCUT2D eigenvalue weighted by atomic mass is 10.1. The Hall–Kier alpha value is -1.35. The summed E-state index contributed by atoms with van der Waals surface area (Å²) in [5.41, 5.74) is 0.898. The van der Waals surface area contributed by atoms with Crippen molar-refractivity contribution in [2.24, 2.45) is 0 Å². The van der Waals surface area contributed by atoms with Crippen molar-refractivity contribution in [3.8, 4) is 11.4 Å². The first kappa shape index (κ1) is 10.8. The van der Waals surface area contributed by atoms with Gasteiger partial charge in [0.25, 0.3) is 0 Å². The topological polar surface area (TPSA) is 41.6 Å². The third-order valence-electron chi connectivity index (χ3n) is 3.36. The number of hydrogen-bond acceptors (Lipinski definition) is 2. The molecule has 0 amide bonds. The Labute approximate surface area is 105 Å². The molecule has 88 valence electrons. The van der Waals surface area contributed by atoms with Crippen molar-refractivity contribution >= 4 is 11.6 Å². The van der Waals surface area contributed by atoms with Crippen molar-refractivity contribution in [1.82, 2.24) is 15.2 Å². The van der Waals surface area contributed by atoms with Gasteiger partial charge in [-0.1, -0.05) is 36.6 Å². The first-order valence-electron chi connectivity index (χ1n) is 6.02. The summed E-state index contributed by atoms with van der Waals surface area (Å²) in [6, 6.07) is 7.68. The molecule has 1 saturated carbocycles. The fraction of sp³-hybridized carbons (Fsp3) is 0.385. The van der Waals surface area contributed by atoms with E-state index in [1.54, 1.807) is 0 Å². The van der Waals surface area contributed by atoms with E-state index in [4.69, 9.17) is 11.6 Å². The lowest BCUT2D eigenvalue weighted by molar-refractivity contribution is 0.672. The van der Waals surface area contributed by atoms with Crippen LogP contribution in [0.2, 0.25) is 5.02 Å². The highest BCUT2D eigenvalue weighted by Crippen LogP contribution is 2.33. The molecule has 1 N–H and O–H groups in total. The van der Waals surface area contributed by atoms with E-state index in [1.165, 1.54) is 25.7 Å². The maximum atomic E-state index is 6.13. The number of aromatic amines is 1. The normalized spacial score (nSPS) is 16.5. The van der Waals surface area contributed by atoms with Gasteiger partial charge in [-0.15, -0.1) is 0 Å². The maximum Gasteiger partial charge on any atom is 0.182 e. The molecule has 0 bridgehead atoms. The average Bonchev–Trinajstić information content (AvgIpc) is 3.00. The monoisotopic (exact) mass is 247 g/mol. The second-order valence-corrected chi connectivity index (χ2v) is 4.91. The van der Waals surface area contributed by atoms with Gasteiger partial charge in [-0.3, -0.25) is 5.10 Å². The van der Waals surface area contributed by atoms with Gasteiger partial charge in [-0.2, -0.15) is 5.10 Å². The summed E-state index contributed by atoms with van der Waals surface area (Å²) in [6.07, 6.45) is 5.04. The van der Waals surface area contributed by atoms with E-state index in [9.17, 15) is 0 Å². The fourth-order valence-electron chi connectivity index (χ4n) is 2.42. The molecule has 1 aliphatic rings. The molecule has 0 spiro atoms. The molecule has 1 heterocycles. The number of nitrogens with one attached hydrogen (secondary N) is 1. The van der Waals surface area contributed by atoms with Crippen LogP contribution in [0.5, 0.6) is 0 Å². The third-order valence-corrected chi connectivity index (χ3v) is 3.69. The summed E-state index contributed by atoms with van der Waals surface area (Å²) >= 11 is 6.13. The number of hydrogen-bond donors (Lipinski definition) is 1. The number of benzene rings is 1. The van der Waals surface area contributed by atoms with Gasteiger partial charge < -0.3 is 0 Å². The van der Waals surface area contributed by atoms with Crippen LogP contribution in [0.4, 0.5) is 0 Å². The largest absolute Gasteiger partial charge is 0.262 e. The van der Waals surface area contributed by atoms with E-state index in [1.807, 2.05) is 24.3 Å². The van der Waals surface area contributed by atoms with Crippen LogP contribution in [0.15, 0.2) is 24.3 Å².